The molecule has 4 aromatic rings. The fourth-order valence-corrected chi connectivity index (χ4v) is 3.54. The molecule has 0 unspecified atom stereocenters. The fraction of sp³-hybridized carbons (Fsp3) is 0.174. The molecule has 2 aromatic heterocycles. The van der Waals surface area contributed by atoms with Gasteiger partial charge in [-0.3, -0.25) is 9.78 Å². The Morgan fingerprint density at radius 2 is 1.89 bits per heavy atom. The zero-order chi connectivity index (χ0) is 19.5. The average molecular weight is 370 g/mol. The first-order chi connectivity index (χ1) is 13.6. The number of amides is 1. The Balaban J connectivity index is 1.57. The molecule has 0 aliphatic carbocycles. The van der Waals surface area contributed by atoms with Crippen LogP contribution in [0.5, 0.6) is 0 Å². The lowest BCUT2D eigenvalue weighted by atomic mass is 10.1. The maximum absolute atomic E-state index is 12.4. The smallest absolute Gasteiger partial charge is 0.224 e. The highest BCUT2D eigenvalue weighted by Crippen LogP contribution is 2.25. The number of carbonyl (C=O) groups excluding carboxylic acids is 1. The first-order valence-corrected chi connectivity index (χ1v) is 9.34. The number of hydrogen-bond donors (Lipinski definition) is 1. The van der Waals surface area contributed by atoms with E-state index >= 15 is 0 Å². The number of nitrogens with one attached hydrogen (secondary N) is 1. The molecule has 1 atom stereocenters. The Morgan fingerprint density at radius 3 is 2.71 bits per heavy atom. The molecule has 0 saturated heterocycles. The highest BCUT2D eigenvalue weighted by Gasteiger charge is 2.17. The molecule has 4 rings (SSSR count). The summed E-state index contributed by atoms with van der Waals surface area (Å²) in [6, 6.07) is 18.1. The molecule has 0 fully saturated rings. The number of nitrogens with zero attached hydrogens (tertiary/aromatic N) is 3. The van der Waals surface area contributed by atoms with Crippen LogP contribution in [0.25, 0.3) is 16.5 Å². The van der Waals surface area contributed by atoms with Crippen LogP contribution in [-0.4, -0.2) is 20.7 Å². The predicted octanol–water partition coefficient (Wildman–Crippen LogP) is 4.15. The van der Waals surface area contributed by atoms with Crippen LogP contribution in [0.4, 0.5) is 0 Å². The normalized spacial score (nSPS) is 12.1. The first-order valence-electron chi connectivity index (χ1n) is 9.34. The molecular weight excluding hydrogens is 348 g/mol. The molecule has 28 heavy (non-hydrogen) atoms. The highest BCUT2D eigenvalue weighted by atomic mass is 16.1. The van der Waals surface area contributed by atoms with Crippen LogP contribution in [0, 0.1) is 6.92 Å². The van der Waals surface area contributed by atoms with E-state index < -0.39 is 0 Å². The predicted molar refractivity (Wildman–Crippen MR) is 110 cm³/mol. The second kappa shape index (κ2) is 7.64. The van der Waals surface area contributed by atoms with Gasteiger partial charge in [-0.1, -0.05) is 42.5 Å². The molecule has 0 radical (unpaired) electrons. The summed E-state index contributed by atoms with van der Waals surface area (Å²) in [6.45, 7) is 4.02. The minimum absolute atomic E-state index is 0.0298. The molecule has 5 nitrogen and oxygen atoms in total. The van der Waals surface area contributed by atoms with Crippen LogP contribution in [0.2, 0.25) is 0 Å². The third-order valence-corrected chi connectivity index (χ3v) is 4.97. The van der Waals surface area contributed by atoms with Gasteiger partial charge in [0.05, 0.1) is 24.3 Å². The van der Waals surface area contributed by atoms with Crippen LogP contribution < -0.4 is 5.32 Å². The zero-order valence-electron chi connectivity index (χ0n) is 16.0. The minimum atomic E-state index is -0.132. The van der Waals surface area contributed by atoms with Crippen LogP contribution >= 0.6 is 0 Å². The molecule has 0 saturated carbocycles. The number of rotatable bonds is 5. The summed E-state index contributed by atoms with van der Waals surface area (Å²) in [7, 11) is 0. The Kier molecular flexibility index (Phi) is 4.89. The molecule has 0 spiro atoms. The Morgan fingerprint density at radius 1 is 1.07 bits per heavy atom. The SMILES string of the molecule is Cc1c([C@H](C)NC(=O)Cc2cccnc2)cnn1-c1cccc2ccccc12. The summed E-state index contributed by atoms with van der Waals surface area (Å²) < 4.78 is 1.95. The third kappa shape index (κ3) is 3.51. The van der Waals surface area contributed by atoms with Crippen molar-refractivity contribution in [2.75, 3.05) is 0 Å². The lowest BCUT2D eigenvalue weighted by Crippen LogP contribution is -2.28. The van der Waals surface area contributed by atoms with Crippen molar-refractivity contribution in [3.05, 3.63) is 90.0 Å². The topological polar surface area (TPSA) is 59.8 Å². The molecule has 0 aliphatic rings. The van der Waals surface area contributed by atoms with E-state index in [0.717, 1.165) is 27.9 Å². The third-order valence-electron chi connectivity index (χ3n) is 4.97. The Hall–Kier alpha value is -3.47. The van der Waals surface area contributed by atoms with Crippen molar-refractivity contribution in [2.24, 2.45) is 0 Å². The van der Waals surface area contributed by atoms with Gasteiger partial charge in [0, 0.05) is 29.0 Å². The lowest BCUT2D eigenvalue weighted by molar-refractivity contribution is -0.121. The van der Waals surface area contributed by atoms with Crippen molar-refractivity contribution >= 4 is 16.7 Å². The van der Waals surface area contributed by atoms with Gasteiger partial charge in [0.15, 0.2) is 0 Å². The number of aromatic nitrogens is 3. The number of benzene rings is 2. The molecular formula is C23H22N4O. The van der Waals surface area contributed by atoms with Crippen LogP contribution in [0.3, 0.4) is 0 Å². The number of pyridine rings is 1. The Bertz CT molecular complexity index is 1110. The summed E-state index contributed by atoms with van der Waals surface area (Å²) in [4.78, 5) is 16.5. The van der Waals surface area contributed by atoms with Crippen molar-refractivity contribution < 1.29 is 4.79 Å². The molecule has 1 amide bonds. The lowest BCUT2D eigenvalue weighted by Gasteiger charge is -2.15. The van der Waals surface area contributed by atoms with E-state index in [-0.39, 0.29) is 11.9 Å². The molecule has 5 heteroatoms. The van der Waals surface area contributed by atoms with Gasteiger partial charge in [0.25, 0.3) is 0 Å². The molecule has 2 heterocycles. The van der Waals surface area contributed by atoms with Gasteiger partial charge in [-0.2, -0.15) is 5.10 Å². The van der Waals surface area contributed by atoms with Gasteiger partial charge < -0.3 is 5.32 Å². The van der Waals surface area contributed by atoms with Gasteiger partial charge >= 0.3 is 0 Å². The molecule has 1 N–H and O–H groups in total. The Labute approximate surface area is 164 Å². The summed E-state index contributed by atoms with van der Waals surface area (Å²) in [5.41, 5.74) is 3.96. The molecule has 2 aromatic carbocycles. The van der Waals surface area contributed by atoms with E-state index in [1.807, 2.05) is 55.1 Å². The summed E-state index contributed by atoms with van der Waals surface area (Å²) in [5, 5.41) is 10.00. The maximum atomic E-state index is 12.4. The first kappa shape index (κ1) is 17.9. The number of hydrogen-bond acceptors (Lipinski definition) is 3. The van der Waals surface area contributed by atoms with Gasteiger partial charge in [0.2, 0.25) is 5.91 Å². The van der Waals surface area contributed by atoms with E-state index in [9.17, 15) is 4.79 Å². The highest BCUT2D eigenvalue weighted by molar-refractivity contribution is 5.90. The van der Waals surface area contributed by atoms with Crippen molar-refractivity contribution in [1.82, 2.24) is 20.1 Å². The second-order valence-electron chi connectivity index (χ2n) is 6.92. The largest absolute Gasteiger partial charge is 0.349 e. The van der Waals surface area contributed by atoms with E-state index in [1.165, 1.54) is 5.39 Å². The van der Waals surface area contributed by atoms with Crippen molar-refractivity contribution in [1.29, 1.82) is 0 Å². The van der Waals surface area contributed by atoms with Gasteiger partial charge in [0.1, 0.15) is 0 Å². The van der Waals surface area contributed by atoms with Gasteiger partial charge in [-0.05, 0) is 36.9 Å². The van der Waals surface area contributed by atoms with Crippen molar-refractivity contribution in [3.63, 3.8) is 0 Å². The van der Waals surface area contributed by atoms with Gasteiger partial charge in [-0.25, -0.2) is 4.68 Å². The van der Waals surface area contributed by atoms with E-state index in [4.69, 9.17) is 0 Å². The van der Waals surface area contributed by atoms with Crippen LogP contribution in [-0.2, 0) is 11.2 Å². The van der Waals surface area contributed by atoms with Crippen molar-refractivity contribution in [2.45, 2.75) is 26.3 Å². The van der Waals surface area contributed by atoms with E-state index in [2.05, 4.69) is 39.7 Å². The minimum Gasteiger partial charge on any atom is -0.349 e. The van der Waals surface area contributed by atoms with E-state index in [1.54, 1.807) is 12.4 Å². The summed E-state index contributed by atoms with van der Waals surface area (Å²) in [6.07, 6.45) is 5.57. The van der Waals surface area contributed by atoms with Crippen molar-refractivity contribution in [3.8, 4) is 5.69 Å². The number of carbonyl (C=O) groups is 1. The van der Waals surface area contributed by atoms with Crippen LogP contribution in [0.1, 0.15) is 29.8 Å². The summed E-state index contributed by atoms with van der Waals surface area (Å²) >= 11 is 0. The average Bonchev–Trinajstić information content (AvgIpc) is 3.09. The quantitative estimate of drug-likeness (QED) is 0.574. The summed E-state index contributed by atoms with van der Waals surface area (Å²) in [5.74, 6) is -0.0298. The maximum Gasteiger partial charge on any atom is 0.224 e. The standard InChI is InChI=1S/C23H22N4O/c1-16(26-23(28)13-18-7-6-12-24-14-18)21-15-25-27(17(21)2)22-11-5-9-19-8-3-4-10-20(19)22/h3-12,14-16H,13H2,1-2H3,(H,26,28)/t16-/m0/s1. The molecule has 0 aliphatic heterocycles. The zero-order valence-corrected chi connectivity index (χ0v) is 16.0. The monoisotopic (exact) mass is 370 g/mol. The van der Waals surface area contributed by atoms with Gasteiger partial charge in [-0.15, -0.1) is 0 Å². The van der Waals surface area contributed by atoms with Crippen LogP contribution in [0.15, 0.2) is 73.2 Å². The van der Waals surface area contributed by atoms with E-state index in [0.29, 0.717) is 6.42 Å². The second-order valence-corrected chi connectivity index (χ2v) is 6.92. The molecule has 140 valence electrons. The number of fused-ring (bicyclic) bond motifs is 1. The molecule has 0 bridgehead atoms. The fourth-order valence-electron chi connectivity index (χ4n) is 3.54.